The van der Waals surface area contributed by atoms with Crippen LogP contribution < -0.4 is 4.74 Å². The van der Waals surface area contributed by atoms with E-state index in [0.717, 1.165) is 23.4 Å². The molecule has 0 radical (unpaired) electrons. The topological polar surface area (TPSA) is 37.4 Å². The molecule has 0 aliphatic carbocycles. The summed E-state index contributed by atoms with van der Waals surface area (Å²) >= 11 is 0. The first-order chi connectivity index (χ1) is 13.3. The summed E-state index contributed by atoms with van der Waals surface area (Å²) in [5, 5.41) is 0.954. The second kappa shape index (κ2) is 8.46. The van der Waals surface area contributed by atoms with Gasteiger partial charge in [0.2, 0.25) is 0 Å². The Morgan fingerprint density at radius 3 is 2.82 bits per heavy atom. The molecule has 0 amide bonds. The highest BCUT2D eigenvalue weighted by molar-refractivity contribution is 5.83. The number of hydrogen-bond acceptors (Lipinski definition) is 2. The first kappa shape index (κ1) is 19.9. The third kappa shape index (κ3) is 4.91. The third-order valence-electron chi connectivity index (χ3n) is 4.35. The SMILES string of the molecule is CC(F)C(F)(F)COc1cccc(/C=N/CCc2c[nH]c3cc(F)ccc23)c1. The molecule has 3 aromatic rings. The number of aromatic amines is 1. The van der Waals surface area contributed by atoms with Crippen LogP contribution in [-0.2, 0) is 6.42 Å². The van der Waals surface area contributed by atoms with Gasteiger partial charge in [-0.05, 0) is 54.8 Å². The van der Waals surface area contributed by atoms with Crippen molar-refractivity contribution in [3.63, 3.8) is 0 Å². The molecule has 7 heteroatoms. The van der Waals surface area contributed by atoms with E-state index in [1.807, 2.05) is 6.20 Å². The van der Waals surface area contributed by atoms with Gasteiger partial charge in [0.05, 0.1) is 0 Å². The minimum Gasteiger partial charge on any atom is -0.487 e. The number of benzene rings is 2. The van der Waals surface area contributed by atoms with Crippen LogP contribution in [0.2, 0.25) is 0 Å². The number of nitrogens with zero attached hydrogens (tertiary/aromatic N) is 1. The molecule has 28 heavy (non-hydrogen) atoms. The molecule has 1 aromatic heterocycles. The van der Waals surface area contributed by atoms with Crippen LogP contribution in [0.3, 0.4) is 0 Å². The van der Waals surface area contributed by atoms with Gasteiger partial charge in [-0.15, -0.1) is 0 Å². The van der Waals surface area contributed by atoms with Gasteiger partial charge in [0.1, 0.15) is 11.6 Å². The minimum atomic E-state index is -3.54. The summed E-state index contributed by atoms with van der Waals surface area (Å²) in [4.78, 5) is 7.38. The van der Waals surface area contributed by atoms with Gasteiger partial charge in [0.25, 0.3) is 0 Å². The maximum absolute atomic E-state index is 13.3. The van der Waals surface area contributed by atoms with Crippen LogP contribution in [0.4, 0.5) is 17.6 Å². The molecular weight excluding hydrogens is 372 g/mol. The molecule has 1 heterocycles. The van der Waals surface area contributed by atoms with Crippen LogP contribution in [0, 0.1) is 5.82 Å². The number of ether oxygens (including phenoxy) is 1. The second-order valence-corrected chi connectivity index (χ2v) is 6.53. The van der Waals surface area contributed by atoms with Crippen molar-refractivity contribution in [1.29, 1.82) is 0 Å². The molecule has 148 valence electrons. The number of rotatable bonds is 8. The molecule has 0 bridgehead atoms. The normalized spacial score (nSPS) is 13.3. The molecule has 3 nitrogen and oxygen atoms in total. The van der Waals surface area contributed by atoms with Gasteiger partial charge >= 0.3 is 5.92 Å². The number of aliphatic imine (C=N–C) groups is 1. The molecule has 0 fully saturated rings. The summed E-state index contributed by atoms with van der Waals surface area (Å²) in [5.41, 5.74) is 2.46. The van der Waals surface area contributed by atoms with E-state index in [9.17, 15) is 17.6 Å². The quantitative estimate of drug-likeness (QED) is 0.408. The average Bonchev–Trinajstić information content (AvgIpc) is 3.06. The predicted octanol–water partition coefficient (Wildman–Crippen LogP) is 5.34. The Morgan fingerprint density at radius 1 is 1.21 bits per heavy atom. The number of H-pyrrole nitrogens is 1. The van der Waals surface area contributed by atoms with Crippen molar-refractivity contribution >= 4 is 17.1 Å². The summed E-state index contributed by atoms with van der Waals surface area (Å²) in [5.74, 6) is -3.60. The molecule has 0 aliphatic heterocycles. The van der Waals surface area contributed by atoms with Gasteiger partial charge in [0, 0.05) is 29.9 Å². The number of halogens is 4. The van der Waals surface area contributed by atoms with Gasteiger partial charge in [-0.25, -0.2) is 8.78 Å². The lowest BCUT2D eigenvalue weighted by Crippen LogP contribution is -2.34. The van der Waals surface area contributed by atoms with Crippen LogP contribution in [-0.4, -0.2) is 36.4 Å². The number of nitrogens with one attached hydrogen (secondary N) is 1. The highest BCUT2D eigenvalue weighted by Gasteiger charge is 2.37. The van der Waals surface area contributed by atoms with Crippen LogP contribution in [0.15, 0.2) is 53.7 Å². The van der Waals surface area contributed by atoms with E-state index in [2.05, 4.69) is 9.98 Å². The number of fused-ring (bicyclic) bond motifs is 1. The molecule has 1 N–H and O–H groups in total. The summed E-state index contributed by atoms with van der Waals surface area (Å²) < 4.78 is 57.7. The molecule has 3 rings (SSSR count). The van der Waals surface area contributed by atoms with Crippen molar-refractivity contribution in [2.75, 3.05) is 13.2 Å². The minimum absolute atomic E-state index is 0.225. The fourth-order valence-corrected chi connectivity index (χ4v) is 2.70. The van der Waals surface area contributed by atoms with E-state index in [0.29, 0.717) is 18.5 Å². The lowest BCUT2D eigenvalue weighted by molar-refractivity contribution is -0.0941. The van der Waals surface area contributed by atoms with Crippen molar-refractivity contribution in [3.8, 4) is 5.75 Å². The first-order valence-electron chi connectivity index (χ1n) is 8.85. The highest BCUT2D eigenvalue weighted by atomic mass is 19.3. The van der Waals surface area contributed by atoms with E-state index in [1.54, 1.807) is 30.5 Å². The molecule has 0 aliphatic rings. The first-order valence-corrected chi connectivity index (χ1v) is 8.85. The van der Waals surface area contributed by atoms with Gasteiger partial charge in [-0.3, -0.25) is 4.99 Å². The monoisotopic (exact) mass is 392 g/mol. The number of alkyl halides is 3. The van der Waals surface area contributed by atoms with Crippen LogP contribution >= 0.6 is 0 Å². The predicted molar refractivity (Wildman–Crippen MR) is 102 cm³/mol. The van der Waals surface area contributed by atoms with Crippen molar-refractivity contribution in [2.45, 2.75) is 25.4 Å². The Hall–Kier alpha value is -2.83. The van der Waals surface area contributed by atoms with Crippen LogP contribution in [0.5, 0.6) is 5.75 Å². The maximum Gasteiger partial charge on any atom is 0.311 e. The van der Waals surface area contributed by atoms with E-state index >= 15 is 0 Å². The Morgan fingerprint density at radius 2 is 2.04 bits per heavy atom. The standard InChI is InChI=1S/C21H20F4N2O/c1-14(22)21(24,25)13-28-18-4-2-3-15(9-18)11-26-8-7-16-12-27-20-10-17(23)5-6-19(16)20/h2-6,9-12,14,27H,7-8,13H2,1H3/b26-11+. The smallest absolute Gasteiger partial charge is 0.311 e. The summed E-state index contributed by atoms with van der Waals surface area (Å²) in [6.45, 7) is 0.288. The Balaban J connectivity index is 1.57. The van der Waals surface area contributed by atoms with Crippen LogP contribution in [0.25, 0.3) is 10.9 Å². The number of aromatic nitrogens is 1. The average molecular weight is 392 g/mol. The summed E-state index contributed by atoms with van der Waals surface area (Å²) in [6.07, 6.45) is 1.84. The van der Waals surface area contributed by atoms with E-state index in [4.69, 9.17) is 4.74 Å². The summed E-state index contributed by atoms with van der Waals surface area (Å²) in [6, 6.07) is 11.1. The Bertz CT molecular complexity index is 966. The lowest BCUT2D eigenvalue weighted by Gasteiger charge is -2.18. The fourth-order valence-electron chi connectivity index (χ4n) is 2.70. The van der Waals surface area contributed by atoms with Crippen LogP contribution in [0.1, 0.15) is 18.1 Å². The zero-order valence-electron chi connectivity index (χ0n) is 15.3. The van der Waals surface area contributed by atoms with E-state index in [1.165, 1.54) is 18.2 Å². The van der Waals surface area contributed by atoms with E-state index in [-0.39, 0.29) is 11.6 Å². The second-order valence-electron chi connectivity index (χ2n) is 6.53. The molecule has 0 spiro atoms. The highest BCUT2D eigenvalue weighted by Crippen LogP contribution is 2.23. The summed E-state index contributed by atoms with van der Waals surface area (Å²) in [7, 11) is 0. The van der Waals surface area contributed by atoms with Gasteiger partial charge in [-0.2, -0.15) is 8.78 Å². The van der Waals surface area contributed by atoms with Gasteiger partial charge < -0.3 is 9.72 Å². The van der Waals surface area contributed by atoms with E-state index < -0.39 is 18.7 Å². The molecule has 1 unspecified atom stereocenters. The van der Waals surface area contributed by atoms with Gasteiger partial charge in [-0.1, -0.05) is 12.1 Å². The maximum atomic E-state index is 13.3. The fraction of sp³-hybridized carbons (Fsp3) is 0.286. The molecule has 0 saturated heterocycles. The lowest BCUT2D eigenvalue weighted by atomic mass is 10.1. The Labute approximate surface area is 160 Å². The molecule has 1 atom stereocenters. The van der Waals surface area contributed by atoms with Crippen molar-refractivity contribution < 1.29 is 22.3 Å². The third-order valence-corrected chi connectivity index (χ3v) is 4.35. The van der Waals surface area contributed by atoms with Crippen molar-refractivity contribution in [2.24, 2.45) is 4.99 Å². The van der Waals surface area contributed by atoms with Crippen molar-refractivity contribution in [3.05, 3.63) is 65.6 Å². The molecular formula is C21H20F4N2O. The number of hydrogen-bond donors (Lipinski definition) is 1. The largest absolute Gasteiger partial charge is 0.487 e. The van der Waals surface area contributed by atoms with Crippen molar-refractivity contribution in [1.82, 2.24) is 4.98 Å². The van der Waals surface area contributed by atoms with Gasteiger partial charge in [0.15, 0.2) is 12.8 Å². The zero-order chi connectivity index (χ0) is 20.1. The Kier molecular flexibility index (Phi) is 6.02. The zero-order valence-corrected chi connectivity index (χ0v) is 15.3. The molecule has 2 aromatic carbocycles. The molecule has 0 saturated carbocycles.